The maximum atomic E-state index is 12.5. The molecule has 0 spiro atoms. The number of nitrogens with one attached hydrogen (secondary N) is 2. The molecular weight excluding hydrogens is 308 g/mol. The molecule has 120 valence electrons. The summed E-state index contributed by atoms with van der Waals surface area (Å²) < 4.78 is 0. The summed E-state index contributed by atoms with van der Waals surface area (Å²) in [6, 6.07) is 7.75. The number of carbonyl (C=O) groups excluding carboxylic acids is 1. The van der Waals surface area contributed by atoms with Crippen molar-refractivity contribution in [3.63, 3.8) is 0 Å². The molecule has 0 radical (unpaired) electrons. The third-order valence-electron chi connectivity index (χ3n) is 4.76. The fraction of sp³-hybridized carbons (Fsp3) is 0.412. The number of fused-ring (bicyclic) bond motifs is 3. The zero-order valence-electron chi connectivity index (χ0n) is 12.9. The Bertz CT molecular complexity index is 662. The number of hydrogen-bond donors (Lipinski definition) is 2. The zero-order valence-corrected chi connectivity index (χ0v) is 13.7. The fourth-order valence-electron chi connectivity index (χ4n) is 3.45. The van der Waals surface area contributed by atoms with Crippen LogP contribution in [0.2, 0.25) is 0 Å². The van der Waals surface area contributed by atoms with Crippen molar-refractivity contribution in [1.29, 1.82) is 0 Å². The van der Waals surface area contributed by atoms with Gasteiger partial charge in [-0.2, -0.15) is 0 Å². The molecule has 1 atom stereocenters. The predicted molar refractivity (Wildman–Crippen MR) is 89.3 cm³/mol. The van der Waals surface area contributed by atoms with Gasteiger partial charge in [0.2, 0.25) is 0 Å². The van der Waals surface area contributed by atoms with Crippen molar-refractivity contribution in [2.75, 3.05) is 13.1 Å². The van der Waals surface area contributed by atoms with Gasteiger partial charge in [0, 0.05) is 23.5 Å². The number of aromatic nitrogens is 2. The van der Waals surface area contributed by atoms with E-state index in [1.165, 1.54) is 12.8 Å². The maximum Gasteiger partial charge on any atom is 0.252 e. The molecule has 5 nitrogen and oxygen atoms in total. The van der Waals surface area contributed by atoms with E-state index >= 15 is 0 Å². The van der Waals surface area contributed by atoms with Crippen molar-refractivity contribution >= 4 is 17.7 Å². The molecular formula is C17H20N4OS. The molecule has 2 bridgehead atoms. The molecule has 0 aliphatic carbocycles. The highest BCUT2D eigenvalue weighted by Crippen LogP contribution is 2.31. The molecule has 1 aromatic heterocycles. The van der Waals surface area contributed by atoms with Gasteiger partial charge in [-0.1, -0.05) is 11.8 Å². The van der Waals surface area contributed by atoms with Crippen LogP contribution in [0.15, 0.2) is 46.7 Å². The van der Waals surface area contributed by atoms with Crippen molar-refractivity contribution in [3.8, 4) is 0 Å². The highest BCUT2D eigenvalue weighted by Gasteiger charge is 2.34. The smallest absolute Gasteiger partial charge is 0.252 e. The van der Waals surface area contributed by atoms with Gasteiger partial charge in [-0.3, -0.25) is 9.69 Å². The monoisotopic (exact) mass is 328 g/mol. The van der Waals surface area contributed by atoms with Gasteiger partial charge < -0.3 is 10.3 Å². The molecule has 6 heteroatoms. The summed E-state index contributed by atoms with van der Waals surface area (Å²) in [5.74, 6) is 0.819. The Morgan fingerprint density at radius 3 is 2.65 bits per heavy atom. The highest BCUT2D eigenvalue weighted by molar-refractivity contribution is 7.99. The van der Waals surface area contributed by atoms with E-state index in [0.717, 1.165) is 40.9 Å². The summed E-state index contributed by atoms with van der Waals surface area (Å²) in [6.07, 6.45) is 7.33. The molecule has 3 aliphatic heterocycles. The topological polar surface area (TPSA) is 61.0 Å². The van der Waals surface area contributed by atoms with Gasteiger partial charge in [0.05, 0.1) is 23.7 Å². The second kappa shape index (κ2) is 6.37. The number of H-pyrrole nitrogens is 1. The largest absolute Gasteiger partial charge is 0.340 e. The average molecular weight is 328 g/mol. The lowest BCUT2D eigenvalue weighted by atomic mass is 9.86. The first-order valence-corrected chi connectivity index (χ1v) is 8.91. The van der Waals surface area contributed by atoms with Crippen LogP contribution in [0.25, 0.3) is 0 Å². The minimum atomic E-state index is 0.0284. The number of piperidine rings is 3. The van der Waals surface area contributed by atoms with Crippen LogP contribution in [-0.2, 0) is 0 Å². The summed E-state index contributed by atoms with van der Waals surface area (Å²) in [7, 11) is 0. The Hall–Kier alpha value is -1.79. The lowest BCUT2D eigenvalue weighted by molar-refractivity contribution is 0.0295. The van der Waals surface area contributed by atoms with E-state index in [1.807, 2.05) is 24.3 Å². The van der Waals surface area contributed by atoms with E-state index in [9.17, 15) is 4.79 Å². The van der Waals surface area contributed by atoms with E-state index in [2.05, 4.69) is 20.2 Å². The van der Waals surface area contributed by atoms with Crippen LogP contribution in [-0.4, -0.2) is 40.0 Å². The number of amides is 1. The molecule has 1 unspecified atom stereocenters. The van der Waals surface area contributed by atoms with Gasteiger partial charge in [0.25, 0.3) is 5.91 Å². The second-order valence-electron chi connectivity index (χ2n) is 6.25. The molecule has 0 saturated carbocycles. The normalized spacial score (nSPS) is 26.2. The van der Waals surface area contributed by atoms with Gasteiger partial charge >= 0.3 is 0 Å². The maximum absolute atomic E-state index is 12.5. The lowest BCUT2D eigenvalue weighted by Crippen LogP contribution is -2.56. The van der Waals surface area contributed by atoms with Crippen molar-refractivity contribution in [2.45, 2.75) is 35.3 Å². The summed E-state index contributed by atoms with van der Waals surface area (Å²) in [6.45, 7) is 2.24. The molecule has 5 rings (SSSR count). The molecule has 2 N–H and O–H groups in total. The molecule has 3 saturated heterocycles. The molecule has 4 heterocycles. The molecule has 1 amide bonds. The van der Waals surface area contributed by atoms with Crippen LogP contribution in [0.4, 0.5) is 0 Å². The minimum Gasteiger partial charge on any atom is -0.340 e. The van der Waals surface area contributed by atoms with Crippen molar-refractivity contribution < 1.29 is 4.79 Å². The second-order valence-corrected chi connectivity index (χ2v) is 7.36. The fourth-order valence-corrected chi connectivity index (χ4v) is 4.20. The lowest BCUT2D eigenvalue weighted by Gasteiger charge is -2.45. The molecule has 3 aliphatic rings. The van der Waals surface area contributed by atoms with Crippen LogP contribution in [0, 0.1) is 5.92 Å². The number of imidazole rings is 1. The SMILES string of the molecule is O=C(NC1CC2CCN1CC2)c1ccc(Sc2cnc[nH]2)cc1. The van der Waals surface area contributed by atoms with Crippen LogP contribution in [0.1, 0.15) is 29.6 Å². The van der Waals surface area contributed by atoms with E-state index < -0.39 is 0 Å². The number of hydrogen-bond acceptors (Lipinski definition) is 4. The number of nitrogens with zero attached hydrogens (tertiary/aromatic N) is 2. The van der Waals surface area contributed by atoms with E-state index in [1.54, 1.807) is 24.3 Å². The Balaban J connectivity index is 1.38. The molecule has 2 aromatic rings. The van der Waals surface area contributed by atoms with Crippen molar-refractivity contribution in [2.24, 2.45) is 5.92 Å². The first-order chi connectivity index (χ1) is 11.3. The Morgan fingerprint density at radius 1 is 1.26 bits per heavy atom. The quantitative estimate of drug-likeness (QED) is 0.906. The first kappa shape index (κ1) is 14.8. The number of aromatic amines is 1. The van der Waals surface area contributed by atoms with Crippen LogP contribution in [0.5, 0.6) is 0 Å². The van der Waals surface area contributed by atoms with Crippen LogP contribution >= 0.6 is 11.8 Å². The third kappa shape index (κ3) is 3.28. The molecule has 1 aromatic carbocycles. The standard InChI is InChI=1S/C17H20N4OS/c22-17(20-15-9-12-5-7-21(15)8-6-12)13-1-3-14(4-2-13)23-16-10-18-11-19-16/h1-4,10-12,15H,5-9H2,(H,18,19)(H,20,22). The van der Waals surface area contributed by atoms with E-state index in [-0.39, 0.29) is 12.1 Å². The summed E-state index contributed by atoms with van der Waals surface area (Å²) in [5, 5.41) is 4.19. The van der Waals surface area contributed by atoms with Gasteiger partial charge in [-0.15, -0.1) is 0 Å². The van der Waals surface area contributed by atoms with E-state index in [0.29, 0.717) is 0 Å². The Kier molecular flexibility index (Phi) is 4.10. The Morgan fingerprint density at radius 2 is 2.04 bits per heavy atom. The summed E-state index contributed by atoms with van der Waals surface area (Å²) in [5.41, 5.74) is 0.724. The minimum absolute atomic E-state index is 0.0284. The first-order valence-electron chi connectivity index (χ1n) is 8.09. The molecule has 3 fully saturated rings. The number of benzene rings is 1. The van der Waals surface area contributed by atoms with Crippen LogP contribution < -0.4 is 5.32 Å². The average Bonchev–Trinajstić information content (AvgIpc) is 3.09. The van der Waals surface area contributed by atoms with Gasteiger partial charge in [-0.05, 0) is 49.4 Å². The van der Waals surface area contributed by atoms with Gasteiger partial charge in [0.15, 0.2) is 0 Å². The van der Waals surface area contributed by atoms with Gasteiger partial charge in [-0.25, -0.2) is 4.98 Å². The highest BCUT2D eigenvalue weighted by atomic mass is 32.2. The number of carbonyl (C=O) groups is 1. The van der Waals surface area contributed by atoms with Gasteiger partial charge in [0.1, 0.15) is 0 Å². The summed E-state index contributed by atoms with van der Waals surface area (Å²) in [4.78, 5) is 23.0. The van der Waals surface area contributed by atoms with E-state index in [4.69, 9.17) is 0 Å². The Labute approximate surface area is 139 Å². The van der Waals surface area contributed by atoms with Crippen molar-refractivity contribution in [3.05, 3.63) is 42.4 Å². The molecule has 23 heavy (non-hydrogen) atoms. The third-order valence-corrected chi connectivity index (χ3v) is 5.71. The van der Waals surface area contributed by atoms with Crippen molar-refractivity contribution in [1.82, 2.24) is 20.2 Å². The zero-order chi connectivity index (χ0) is 15.6. The number of rotatable bonds is 4. The predicted octanol–water partition coefficient (Wildman–Crippen LogP) is 2.73. The summed E-state index contributed by atoms with van der Waals surface area (Å²) >= 11 is 1.60. The van der Waals surface area contributed by atoms with Crippen LogP contribution in [0.3, 0.4) is 0 Å².